The van der Waals surface area contributed by atoms with E-state index in [9.17, 15) is 8.42 Å². The highest BCUT2D eigenvalue weighted by molar-refractivity contribution is 7.89. The minimum atomic E-state index is -3.46. The van der Waals surface area contributed by atoms with Gasteiger partial charge in [-0.05, 0) is 11.4 Å². The van der Waals surface area contributed by atoms with Crippen molar-refractivity contribution >= 4 is 21.4 Å². The lowest BCUT2D eigenvalue weighted by atomic mass is 10.3. The highest BCUT2D eigenvalue weighted by Gasteiger charge is 2.25. The third-order valence-corrected chi connectivity index (χ3v) is 5.00. The predicted molar refractivity (Wildman–Crippen MR) is 67.4 cm³/mol. The molecule has 0 radical (unpaired) electrons. The second-order valence-corrected chi connectivity index (χ2v) is 6.85. The standard InChI is InChI=1S/C10H13N3O2S2/c1-12(2)17(14,15)9-7-13(3)11-10(9)8-5-4-6-16-8/h4-7H,1-3H3. The quantitative estimate of drug-likeness (QED) is 0.848. The van der Waals surface area contributed by atoms with Crippen LogP contribution >= 0.6 is 11.3 Å². The zero-order valence-corrected chi connectivity index (χ0v) is 11.4. The molecule has 0 aromatic carbocycles. The van der Waals surface area contributed by atoms with Gasteiger partial charge in [-0.3, -0.25) is 4.68 Å². The average molecular weight is 271 g/mol. The monoisotopic (exact) mass is 271 g/mol. The van der Waals surface area contributed by atoms with Crippen LogP contribution in [-0.2, 0) is 17.1 Å². The summed E-state index contributed by atoms with van der Waals surface area (Å²) in [6, 6.07) is 3.74. The average Bonchev–Trinajstić information content (AvgIpc) is 2.84. The number of aromatic nitrogens is 2. The molecule has 0 aliphatic rings. The molecule has 0 fully saturated rings. The molecule has 0 unspecified atom stereocenters. The van der Waals surface area contributed by atoms with E-state index in [4.69, 9.17) is 0 Å². The summed E-state index contributed by atoms with van der Waals surface area (Å²) in [4.78, 5) is 1.10. The topological polar surface area (TPSA) is 55.2 Å². The second kappa shape index (κ2) is 4.25. The molecule has 0 spiro atoms. The van der Waals surface area contributed by atoms with Crippen LogP contribution in [0.3, 0.4) is 0 Å². The van der Waals surface area contributed by atoms with Crippen LogP contribution in [0.5, 0.6) is 0 Å². The summed E-state index contributed by atoms with van der Waals surface area (Å²) in [5, 5.41) is 6.12. The molecule has 0 aliphatic carbocycles. The van der Waals surface area contributed by atoms with Crippen molar-refractivity contribution in [2.45, 2.75) is 4.90 Å². The van der Waals surface area contributed by atoms with Crippen molar-refractivity contribution in [3.05, 3.63) is 23.7 Å². The first kappa shape index (κ1) is 12.3. The highest BCUT2D eigenvalue weighted by atomic mass is 32.2. The number of nitrogens with zero attached hydrogens (tertiary/aromatic N) is 3. The third kappa shape index (κ3) is 2.13. The van der Waals surface area contributed by atoms with Gasteiger partial charge < -0.3 is 0 Å². The van der Waals surface area contributed by atoms with E-state index in [2.05, 4.69) is 5.10 Å². The lowest BCUT2D eigenvalue weighted by molar-refractivity contribution is 0.521. The van der Waals surface area contributed by atoms with Crippen molar-refractivity contribution in [2.75, 3.05) is 14.1 Å². The van der Waals surface area contributed by atoms with Gasteiger partial charge in [0, 0.05) is 27.3 Å². The van der Waals surface area contributed by atoms with Gasteiger partial charge >= 0.3 is 0 Å². The molecule has 0 aliphatic heterocycles. The molecule has 2 rings (SSSR count). The predicted octanol–water partition coefficient (Wildman–Crippen LogP) is 1.40. The molecule has 2 heterocycles. The molecule has 17 heavy (non-hydrogen) atoms. The summed E-state index contributed by atoms with van der Waals surface area (Å²) >= 11 is 1.47. The Balaban J connectivity index is 2.64. The van der Waals surface area contributed by atoms with E-state index in [-0.39, 0.29) is 4.90 Å². The number of aryl methyl sites for hydroxylation is 1. The maximum atomic E-state index is 12.1. The molecule has 0 amide bonds. The van der Waals surface area contributed by atoms with Gasteiger partial charge in [-0.1, -0.05) is 6.07 Å². The molecule has 5 nitrogen and oxygen atoms in total. The fraction of sp³-hybridized carbons (Fsp3) is 0.300. The van der Waals surface area contributed by atoms with E-state index in [0.29, 0.717) is 5.69 Å². The molecule has 2 aromatic rings. The number of hydrogen-bond donors (Lipinski definition) is 0. The second-order valence-electron chi connectivity index (χ2n) is 3.78. The summed E-state index contributed by atoms with van der Waals surface area (Å²) in [7, 11) is 1.29. The third-order valence-electron chi connectivity index (χ3n) is 2.31. The van der Waals surface area contributed by atoms with Gasteiger partial charge in [0.2, 0.25) is 10.0 Å². The molecular weight excluding hydrogens is 258 g/mol. The maximum absolute atomic E-state index is 12.1. The summed E-state index contributed by atoms with van der Waals surface area (Å²) in [6.07, 6.45) is 1.53. The van der Waals surface area contributed by atoms with E-state index in [0.717, 1.165) is 4.88 Å². The van der Waals surface area contributed by atoms with Crippen LogP contribution in [0.15, 0.2) is 28.6 Å². The van der Waals surface area contributed by atoms with Gasteiger partial charge in [-0.2, -0.15) is 5.10 Å². The summed E-state index contributed by atoms with van der Waals surface area (Å²) in [5.41, 5.74) is 0.510. The van der Waals surface area contributed by atoms with E-state index in [1.165, 1.54) is 40.6 Å². The van der Waals surface area contributed by atoms with Crippen molar-refractivity contribution in [1.82, 2.24) is 14.1 Å². The first-order valence-corrected chi connectivity index (χ1v) is 7.25. The van der Waals surface area contributed by atoms with Crippen LogP contribution in [0.2, 0.25) is 0 Å². The zero-order valence-electron chi connectivity index (χ0n) is 9.78. The molecule has 0 saturated heterocycles. The zero-order chi connectivity index (χ0) is 12.6. The molecule has 0 bridgehead atoms. The molecule has 7 heteroatoms. The Morgan fingerprint density at radius 3 is 2.65 bits per heavy atom. The van der Waals surface area contributed by atoms with Crippen molar-refractivity contribution in [2.24, 2.45) is 7.05 Å². The smallest absolute Gasteiger partial charge is 0.246 e. The lowest BCUT2D eigenvalue weighted by Gasteiger charge is -2.10. The lowest BCUT2D eigenvalue weighted by Crippen LogP contribution is -2.22. The normalized spacial score (nSPS) is 12.2. The van der Waals surface area contributed by atoms with Crippen LogP contribution in [0, 0.1) is 0 Å². The van der Waals surface area contributed by atoms with Crippen molar-refractivity contribution in [3.63, 3.8) is 0 Å². The van der Waals surface area contributed by atoms with Crippen molar-refractivity contribution in [3.8, 4) is 10.6 Å². The molecule has 0 N–H and O–H groups in total. The van der Waals surface area contributed by atoms with Gasteiger partial charge in [0.15, 0.2) is 0 Å². The number of hydrogen-bond acceptors (Lipinski definition) is 4. The molecule has 2 aromatic heterocycles. The van der Waals surface area contributed by atoms with Gasteiger partial charge in [0.05, 0.1) is 4.88 Å². The van der Waals surface area contributed by atoms with Gasteiger partial charge in [0.25, 0.3) is 0 Å². The minimum absolute atomic E-state index is 0.243. The van der Waals surface area contributed by atoms with Crippen molar-refractivity contribution in [1.29, 1.82) is 0 Å². The Morgan fingerprint density at radius 2 is 2.12 bits per heavy atom. The van der Waals surface area contributed by atoms with Crippen molar-refractivity contribution < 1.29 is 8.42 Å². The Bertz CT molecular complexity index is 612. The number of rotatable bonds is 3. The van der Waals surface area contributed by atoms with Gasteiger partial charge in [-0.15, -0.1) is 11.3 Å². The van der Waals surface area contributed by atoms with E-state index in [1.54, 1.807) is 7.05 Å². The van der Waals surface area contributed by atoms with E-state index < -0.39 is 10.0 Å². The Labute approximate surface area is 104 Å². The summed E-state index contributed by atoms with van der Waals surface area (Å²) in [6.45, 7) is 0. The Morgan fingerprint density at radius 1 is 1.41 bits per heavy atom. The van der Waals surface area contributed by atoms with Crippen LogP contribution in [-0.4, -0.2) is 36.6 Å². The fourth-order valence-corrected chi connectivity index (χ4v) is 3.30. The van der Waals surface area contributed by atoms with Crippen LogP contribution in [0.4, 0.5) is 0 Å². The Hall–Kier alpha value is -1.18. The molecular formula is C10H13N3O2S2. The SMILES string of the molecule is CN(C)S(=O)(=O)c1cn(C)nc1-c1cccs1. The van der Waals surface area contributed by atoms with E-state index in [1.807, 2.05) is 17.5 Å². The molecule has 92 valence electrons. The van der Waals surface area contributed by atoms with E-state index >= 15 is 0 Å². The van der Waals surface area contributed by atoms with Crippen LogP contribution in [0.1, 0.15) is 0 Å². The summed E-state index contributed by atoms with van der Waals surface area (Å²) < 4.78 is 27.0. The Kier molecular flexibility index (Phi) is 3.07. The number of sulfonamides is 1. The first-order valence-electron chi connectivity index (χ1n) is 4.93. The van der Waals surface area contributed by atoms with Crippen LogP contribution < -0.4 is 0 Å². The molecule has 0 atom stereocenters. The largest absolute Gasteiger partial charge is 0.274 e. The fourth-order valence-electron chi connectivity index (χ4n) is 1.44. The van der Waals surface area contributed by atoms with Gasteiger partial charge in [0.1, 0.15) is 10.6 Å². The molecule has 0 saturated carbocycles. The maximum Gasteiger partial charge on any atom is 0.246 e. The van der Waals surface area contributed by atoms with Crippen LogP contribution in [0.25, 0.3) is 10.6 Å². The minimum Gasteiger partial charge on any atom is -0.274 e. The van der Waals surface area contributed by atoms with Gasteiger partial charge in [-0.25, -0.2) is 12.7 Å². The first-order chi connectivity index (χ1) is 7.93. The number of thiophene rings is 1. The summed E-state index contributed by atoms with van der Waals surface area (Å²) in [5.74, 6) is 0. The highest BCUT2D eigenvalue weighted by Crippen LogP contribution is 2.30.